The van der Waals surface area contributed by atoms with Gasteiger partial charge in [-0.3, -0.25) is 14.2 Å². The molecule has 5 nitrogen and oxygen atoms in total. The molecule has 0 saturated carbocycles. The number of carbonyl (C=O) groups is 1. The van der Waals surface area contributed by atoms with E-state index in [2.05, 4.69) is 11.9 Å². The minimum Gasteiger partial charge on any atom is -0.340 e. The normalized spacial score (nSPS) is 16.1. The zero-order valence-corrected chi connectivity index (χ0v) is 17.8. The third kappa shape index (κ3) is 3.81. The maximum atomic E-state index is 14.0. The van der Waals surface area contributed by atoms with Crippen molar-refractivity contribution in [2.45, 2.75) is 39.3 Å². The number of hydrogen-bond acceptors (Lipinski definition) is 4. The Morgan fingerprint density at radius 2 is 2.24 bits per heavy atom. The van der Waals surface area contributed by atoms with Gasteiger partial charge in [0.2, 0.25) is 5.91 Å². The fraction of sp³-hybridized carbons (Fsp3) is 0.381. The van der Waals surface area contributed by atoms with Crippen LogP contribution in [0.3, 0.4) is 0 Å². The van der Waals surface area contributed by atoms with Gasteiger partial charge < -0.3 is 4.90 Å². The van der Waals surface area contributed by atoms with Gasteiger partial charge in [0.1, 0.15) is 17.2 Å². The van der Waals surface area contributed by atoms with Crippen molar-refractivity contribution in [1.29, 1.82) is 0 Å². The number of amides is 1. The average molecular weight is 434 g/mol. The van der Waals surface area contributed by atoms with Crippen molar-refractivity contribution >= 4 is 39.1 Å². The fourth-order valence-corrected chi connectivity index (χ4v) is 5.32. The van der Waals surface area contributed by atoms with Crippen molar-refractivity contribution in [1.82, 2.24) is 14.5 Å². The minimum atomic E-state index is -0.462. The largest absolute Gasteiger partial charge is 0.340 e. The molecule has 1 aromatic carbocycles. The SMILES string of the molecule is C[C@@H]1CCc2c(sc3ncn(CC(=O)N(C)Cc4c(F)cccc4Cl)c(=O)c23)C1. The smallest absolute Gasteiger partial charge is 0.262 e. The van der Waals surface area contributed by atoms with Gasteiger partial charge in [0, 0.05) is 29.1 Å². The first-order chi connectivity index (χ1) is 13.8. The van der Waals surface area contributed by atoms with E-state index in [-0.39, 0.29) is 35.1 Å². The maximum Gasteiger partial charge on any atom is 0.262 e. The van der Waals surface area contributed by atoms with Crippen molar-refractivity contribution in [3.63, 3.8) is 0 Å². The lowest BCUT2D eigenvalue weighted by Crippen LogP contribution is -2.34. The zero-order chi connectivity index (χ0) is 20.7. The Labute approximate surface area is 176 Å². The van der Waals surface area contributed by atoms with E-state index >= 15 is 0 Å². The van der Waals surface area contributed by atoms with E-state index in [1.165, 1.54) is 32.8 Å². The third-order valence-corrected chi connectivity index (χ3v) is 6.99. The van der Waals surface area contributed by atoms with Crippen molar-refractivity contribution in [3.8, 4) is 0 Å². The molecule has 1 aliphatic carbocycles. The number of hydrogen-bond donors (Lipinski definition) is 0. The van der Waals surface area contributed by atoms with Crippen LogP contribution in [0.5, 0.6) is 0 Å². The summed E-state index contributed by atoms with van der Waals surface area (Å²) in [4.78, 5) is 33.5. The van der Waals surface area contributed by atoms with Gasteiger partial charge in [-0.1, -0.05) is 24.6 Å². The molecule has 0 fully saturated rings. The molecule has 0 spiro atoms. The number of thiophene rings is 1. The topological polar surface area (TPSA) is 55.2 Å². The summed E-state index contributed by atoms with van der Waals surface area (Å²) in [6, 6.07) is 4.41. The Hall–Kier alpha value is -2.25. The molecule has 4 rings (SSSR count). The fourth-order valence-electron chi connectivity index (χ4n) is 3.75. The van der Waals surface area contributed by atoms with Crippen LogP contribution in [0.4, 0.5) is 4.39 Å². The number of nitrogens with zero attached hydrogens (tertiary/aromatic N) is 3. The number of benzene rings is 1. The predicted octanol–water partition coefficient (Wildman–Crippen LogP) is 4.03. The van der Waals surface area contributed by atoms with Crippen LogP contribution in [0.2, 0.25) is 5.02 Å². The number of aromatic nitrogens is 2. The van der Waals surface area contributed by atoms with Crippen molar-refractivity contribution in [2.75, 3.05) is 7.05 Å². The molecule has 8 heteroatoms. The Bertz CT molecular complexity index is 1140. The summed E-state index contributed by atoms with van der Waals surface area (Å²) >= 11 is 7.63. The predicted molar refractivity (Wildman–Crippen MR) is 113 cm³/mol. The molecule has 0 aliphatic heterocycles. The van der Waals surface area contributed by atoms with E-state index in [9.17, 15) is 14.0 Å². The number of likely N-dealkylation sites (N-methyl/N-ethyl adjacent to an activating group) is 1. The number of carbonyl (C=O) groups excluding carboxylic acids is 1. The monoisotopic (exact) mass is 433 g/mol. The maximum absolute atomic E-state index is 14.0. The van der Waals surface area contributed by atoms with E-state index < -0.39 is 5.82 Å². The zero-order valence-electron chi connectivity index (χ0n) is 16.2. The number of halogens is 2. The molecule has 152 valence electrons. The standard InChI is InChI=1S/C21H21ClFN3O2S/c1-12-6-7-13-17(8-12)29-20-19(13)21(28)26(11-24-20)10-18(27)25(2)9-14-15(22)4-3-5-16(14)23/h3-5,11-12H,6-10H2,1-2H3/t12-/m1/s1. The van der Waals surface area contributed by atoms with Crippen LogP contribution in [0.1, 0.15) is 29.3 Å². The van der Waals surface area contributed by atoms with E-state index in [0.29, 0.717) is 11.3 Å². The first kappa shape index (κ1) is 20.0. The lowest BCUT2D eigenvalue weighted by Gasteiger charge is -2.19. The second kappa shape index (κ2) is 7.88. The van der Waals surface area contributed by atoms with Crippen molar-refractivity contribution in [3.05, 3.63) is 61.7 Å². The molecular weight excluding hydrogens is 413 g/mol. The van der Waals surface area contributed by atoms with Gasteiger partial charge in [0.25, 0.3) is 5.56 Å². The molecule has 2 heterocycles. The van der Waals surface area contributed by atoms with Crippen LogP contribution in [0, 0.1) is 11.7 Å². The van der Waals surface area contributed by atoms with Gasteiger partial charge in [-0.25, -0.2) is 9.37 Å². The van der Waals surface area contributed by atoms with Crippen LogP contribution in [-0.2, 0) is 30.7 Å². The summed E-state index contributed by atoms with van der Waals surface area (Å²) in [5.41, 5.74) is 1.16. The summed E-state index contributed by atoms with van der Waals surface area (Å²) in [6.07, 6.45) is 4.33. The lowest BCUT2D eigenvalue weighted by atomic mass is 9.89. The molecule has 0 radical (unpaired) electrons. The molecule has 0 N–H and O–H groups in total. The molecule has 0 unspecified atom stereocenters. The number of rotatable bonds is 4. The molecule has 1 aliphatic rings. The Balaban J connectivity index is 1.58. The summed E-state index contributed by atoms with van der Waals surface area (Å²) in [5, 5.41) is 0.913. The summed E-state index contributed by atoms with van der Waals surface area (Å²) in [6.45, 7) is 2.10. The summed E-state index contributed by atoms with van der Waals surface area (Å²) < 4.78 is 15.3. The molecule has 29 heavy (non-hydrogen) atoms. The highest BCUT2D eigenvalue weighted by molar-refractivity contribution is 7.18. The van der Waals surface area contributed by atoms with Crippen LogP contribution in [-0.4, -0.2) is 27.4 Å². The van der Waals surface area contributed by atoms with Gasteiger partial charge >= 0.3 is 0 Å². The highest BCUT2D eigenvalue weighted by Gasteiger charge is 2.24. The first-order valence-electron chi connectivity index (χ1n) is 9.51. The van der Waals surface area contributed by atoms with E-state index in [0.717, 1.165) is 29.7 Å². The molecule has 0 bridgehead atoms. The Morgan fingerprint density at radius 1 is 1.45 bits per heavy atom. The highest BCUT2D eigenvalue weighted by atomic mass is 35.5. The number of fused-ring (bicyclic) bond motifs is 3. The van der Waals surface area contributed by atoms with Crippen LogP contribution in [0.25, 0.3) is 10.2 Å². The number of aryl methyl sites for hydroxylation is 1. The van der Waals surface area contributed by atoms with Crippen LogP contribution >= 0.6 is 22.9 Å². The lowest BCUT2D eigenvalue weighted by molar-refractivity contribution is -0.131. The quantitative estimate of drug-likeness (QED) is 0.624. The Kier molecular flexibility index (Phi) is 5.44. The van der Waals surface area contributed by atoms with Gasteiger partial charge in [0.05, 0.1) is 11.7 Å². The summed E-state index contributed by atoms with van der Waals surface area (Å²) in [5.74, 6) is -0.167. The van der Waals surface area contributed by atoms with Crippen LogP contribution < -0.4 is 5.56 Å². The first-order valence-corrected chi connectivity index (χ1v) is 10.7. The van der Waals surface area contributed by atoms with Gasteiger partial charge in [0.15, 0.2) is 0 Å². The molecule has 1 amide bonds. The van der Waals surface area contributed by atoms with Gasteiger partial charge in [-0.05, 0) is 42.9 Å². The third-order valence-electron chi connectivity index (χ3n) is 5.47. The van der Waals surface area contributed by atoms with Crippen molar-refractivity contribution < 1.29 is 9.18 Å². The molecule has 3 aromatic rings. The van der Waals surface area contributed by atoms with Gasteiger partial charge in [-0.2, -0.15) is 0 Å². The molecule has 0 saturated heterocycles. The van der Waals surface area contributed by atoms with E-state index in [1.807, 2.05) is 0 Å². The van der Waals surface area contributed by atoms with E-state index in [1.54, 1.807) is 24.5 Å². The molecular formula is C21H21ClFN3O2S. The minimum absolute atomic E-state index is 0.0283. The highest BCUT2D eigenvalue weighted by Crippen LogP contribution is 2.35. The Morgan fingerprint density at radius 3 is 3.00 bits per heavy atom. The van der Waals surface area contributed by atoms with Gasteiger partial charge in [-0.15, -0.1) is 11.3 Å². The molecule has 1 atom stereocenters. The molecule has 2 aromatic heterocycles. The summed E-state index contributed by atoms with van der Waals surface area (Å²) in [7, 11) is 1.57. The second-order valence-electron chi connectivity index (χ2n) is 7.66. The second-order valence-corrected chi connectivity index (χ2v) is 9.15. The average Bonchev–Trinajstić information content (AvgIpc) is 3.05. The van der Waals surface area contributed by atoms with Crippen LogP contribution in [0.15, 0.2) is 29.3 Å². The van der Waals surface area contributed by atoms with Crippen molar-refractivity contribution in [2.24, 2.45) is 5.92 Å². The van der Waals surface area contributed by atoms with E-state index in [4.69, 9.17) is 11.6 Å².